The zero-order chi connectivity index (χ0) is 9.10. The van der Waals surface area contributed by atoms with Gasteiger partial charge in [-0.2, -0.15) is 0 Å². The van der Waals surface area contributed by atoms with Crippen LogP contribution in [0.25, 0.3) is 0 Å². The van der Waals surface area contributed by atoms with Crippen LogP contribution in [0.3, 0.4) is 0 Å². The summed E-state index contributed by atoms with van der Waals surface area (Å²) in [6, 6.07) is -0.0949. The van der Waals surface area contributed by atoms with Gasteiger partial charge in [0.2, 0.25) is 0 Å². The average Bonchev–Trinajstić information content (AvgIpc) is 2.76. The summed E-state index contributed by atoms with van der Waals surface area (Å²) in [4.78, 5) is 8.08. The van der Waals surface area contributed by atoms with E-state index in [9.17, 15) is 5.11 Å². The van der Waals surface area contributed by atoms with Gasteiger partial charge in [0.15, 0.2) is 0 Å². The normalized spacial score (nSPS) is 13.0. The molecule has 2 aromatic rings. The van der Waals surface area contributed by atoms with Gasteiger partial charge >= 0.3 is 0 Å². The van der Waals surface area contributed by atoms with Gasteiger partial charge in [-0.15, -0.1) is 11.3 Å². The summed E-state index contributed by atoms with van der Waals surface area (Å²) in [6.07, 6.45) is 6.93. The van der Waals surface area contributed by atoms with Crippen LogP contribution in [-0.4, -0.2) is 26.2 Å². The molecule has 4 nitrogen and oxygen atoms in total. The number of hydrogen-bond acceptors (Lipinski definition) is 4. The molecule has 13 heavy (non-hydrogen) atoms. The molecule has 0 fully saturated rings. The zero-order valence-corrected chi connectivity index (χ0v) is 7.68. The maximum Gasteiger partial charge on any atom is 0.118 e. The van der Waals surface area contributed by atoms with Gasteiger partial charge in [0.25, 0.3) is 0 Å². The Labute approximate surface area is 79.5 Å². The van der Waals surface area contributed by atoms with Crippen molar-refractivity contribution in [2.75, 3.05) is 6.61 Å². The Kier molecular flexibility index (Phi) is 2.37. The molecule has 1 atom stereocenters. The maximum atomic E-state index is 9.19. The summed E-state index contributed by atoms with van der Waals surface area (Å²) in [7, 11) is 0. The molecule has 0 aromatic carbocycles. The molecule has 68 valence electrons. The fraction of sp³-hybridized carbons (Fsp3) is 0.250. The number of aliphatic hydroxyl groups is 1. The molecule has 1 N–H and O–H groups in total. The predicted octanol–water partition coefficient (Wildman–Crippen LogP) is 0.921. The molecular weight excluding hydrogens is 186 g/mol. The van der Waals surface area contributed by atoms with Crippen molar-refractivity contribution in [3.05, 3.63) is 35.3 Å². The number of aliphatic hydroxyl groups excluding tert-OH is 1. The third-order valence-corrected chi connectivity index (χ3v) is 2.67. The van der Waals surface area contributed by atoms with E-state index in [0.717, 1.165) is 5.01 Å². The first kappa shape index (κ1) is 8.40. The third kappa shape index (κ3) is 1.61. The fourth-order valence-electron chi connectivity index (χ4n) is 1.15. The van der Waals surface area contributed by atoms with Crippen LogP contribution in [0.1, 0.15) is 11.0 Å². The Morgan fingerprint density at radius 3 is 3.00 bits per heavy atom. The first-order valence-electron chi connectivity index (χ1n) is 3.89. The molecule has 2 heterocycles. The Bertz CT molecular complexity index is 309. The zero-order valence-electron chi connectivity index (χ0n) is 6.87. The Morgan fingerprint density at radius 2 is 2.46 bits per heavy atom. The molecule has 0 radical (unpaired) electrons. The summed E-state index contributed by atoms with van der Waals surface area (Å²) in [5, 5.41) is 12.0. The largest absolute Gasteiger partial charge is 0.394 e. The highest BCUT2D eigenvalue weighted by Gasteiger charge is 2.13. The van der Waals surface area contributed by atoms with Gasteiger partial charge in [0, 0.05) is 24.0 Å². The van der Waals surface area contributed by atoms with Gasteiger partial charge in [-0.05, 0) is 0 Å². The van der Waals surface area contributed by atoms with Crippen molar-refractivity contribution < 1.29 is 5.11 Å². The molecule has 5 heteroatoms. The van der Waals surface area contributed by atoms with Gasteiger partial charge < -0.3 is 9.67 Å². The van der Waals surface area contributed by atoms with Crippen LogP contribution >= 0.6 is 11.3 Å². The minimum absolute atomic E-state index is 0.0455. The second-order valence-corrected chi connectivity index (χ2v) is 3.50. The van der Waals surface area contributed by atoms with E-state index >= 15 is 0 Å². The number of aromatic nitrogens is 3. The van der Waals surface area contributed by atoms with E-state index in [-0.39, 0.29) is 12.6 Å². The van der Waals surface area contributed by atoms with Crippen LogP contribution in [0.4, 0.5) is 0 Å². The number of nitrogens with zero attached hydrogens (tertiary/aromatic N) is 3. The van der Waals surface area contributed by atoms with Crippen LogP contribution in [0.15, 0.2) is 30.3 Å². The highest BCUT2D eigenvalue weighted by Crippen LogP contribution is 2.19. The van der Waals surface area contributed by atoms with E-state index in [1.807, 2.05) is 16.1 Å². The van der Waals surface area contributed by atoms with Crippen molar-refractivity contribution >= 4 is 11.3 Å². The lowest BCUT2D eigenvalue weighted by molar-refractivity contribution is 0.249. The quantitative estimate of drug-likeness (QED) is 0.792. The molecule has 0 amide bonds. The standard InChI is InChI=1S/C8H9N3OS/c12-5-7(8-10-2-4-13-8)11-3-1-9-6-11/h1-4,6-7,12H,5H2. The van der Waals surface area contributed by atoms with E-state index in [4.69, 9.17) is 0 Å². The van der Waals surface area contributed by atoms with Crippen molar-refractivity contribution in [1.82, 2.24) is 14.5 Å². The molecule has 0 bridgehead atoms. The lowest BCUT2D eigenvalue weighted by Gasteiger charge is -2.11. The highest BCUT2D eigenvalue weighted by molar-refractivity contribution is 7.09. The van der Waals surface area contributed by atoms with Crippen molar-refractivity contribution in [3.63, 3.8) is 0 Å². The summed E-state index contributed by atoms with van der Waals surface area (Å²) in [6.45, 7) is 0.0455. The van der Waals surface area contributed by atoms with Crippen molar-refractivity contribution in [2.24, 2.45) is 0 Å². The number of hydrogen-bond donors (Lipinski definition) is 1. The van der Waals surface area contributed by atoms with E-state index in [2.05, 4.69) is 9.97 Å². The third-order valence-electron chi connectivity index (χ3n) is 1.79. The van der Waals surface area contributed by atoms with Gasteiger partial charge in [0.05, 0.1) is 12.9 Å². The lowest BCUT2D eigenvalue weighted by Crippen LogP contribution is -2.12. The minimum atomic E-state index is -0.0949. The SMILES string of the molecule is OCC(c1nccs1)n1ccnc1. The molecule has 0 saturated carbocycles. The molecular formula is C8H9N3OS. The molecule has 1 unspecified atom stereocenters. The van der Waals surface area contributed by atoms with Crippen LogP contribution in [0.5, 0.6) is 0 Å². The Hall–Kier alpha value is -1.20. The van der Waals surface area contributed by atoms with Gasteiger partial charge in [-0.3, -0.25) is 0 Å². The monoisotopic (exact) mass is 195 g/mol. The summed E-state index contributed by atoms with van der Waals surface area (Å²) in [5.41, 5.74) is 0. The molecule has 0 aliphatic rings. The van der Waals surface area contributed by atoms with Crippen LogP contribution < -0.4 is 0 Å². The predicted molar refractivity (Wildman–Crippen MR) is 49.6 cm³/mol. The summed E-state index contributed by atoms with van der Waals surface area (Å²) < 4.78 is 1.85. The minimum Gasteiger partial charge on any atom is -0.394 e. The molecule has 0 spiro atoms. The van der Waals surface area contributed by atoms with Crippen LogP contribution in [-0.2, 0) is 0 Å². The first-order chi connectivity index (χ1) is 6.42. The van der Waals surface area contributed by atoms with Crippen LogP contribution in [0.2, 0.25) is 0 Å². The van der Waals surface area contributed by atoms with Crippen LogP contribution in [0, 0.1) is 0 Å². The van der Waals surface area contributed by atoms with Gasteiger partial charge in [0.1, 0.15) is 11.0 Å². The molecule has 0 aliphatic heterocycles. The second-order valence-electron chi connectivity index (χ2n) is 2.58. The second kappa shape index (κ2) is 3.68. The van der Waals surface area contributed by atoms with E-state index < -0.39 is 0 Å². The van der Waals surface area contributed by atoms with Gasteiger partial charge in [-0.25, -0.2) is 9.97 Å². The smallest absolute Gasteiger partial charge is 0.118 e. The van der Waals surface area contributed by atoms with Gasteiger partial charge in [-0.1, -0.05) is 0 Å². The molecule has 2 rings (SSSR count). The molecule has 0 saturated heterocycles. The average molecular weight is 195 g/mol. The van der Waals surface area contributed by atoms with E-state index in [1.165, 1.54) is 11.3 Å². The summed E-state index contributed by atoms with van der Waals surface area (Å²) >= 11 is 1.53. The summed E-state index contributed by atoms with van der Waals surface area (Å²) in [5.74, 6) is 0. The Morgan fingerprint density at radius 1 is 1.54 bits per heavy atom. The number of imidazole rings is 1. The first-order valence-corrected chi connectivity index (χ1v) is 4.77. The molecule has 0 aliphatic carbocycles. The van der Waals surface area contributed by atoms with Crippen molar-refractivity contribution in [3.8, 4) is 0 Å². The maximum absolute atomic E-state index is 9.19. The lowest BCUT2D eigenvalue weighted by atomic mass is 10.3. The highest BCUT2D eigenvalue weighted by atomic mass is 32.1. The van der Waals surface area contributed by atoms with Crippen molar-refractivity contribution in [2.45, 2.75) is 6.04 Å². The topological polar surface area (TPSA) is 50.9 Å². The van der Waals surface area contributed by atoms with E-state index in [0.29, 0.717) is 0 Å². The van der Waals surface area contributed by atoms with E-state index in [1.54, 1.807) is 18.7 Å². The van der Waals surface area contributed by atoms with Crippen molar-refractivity contribution in [1.29, 1.82) is 0 Å². The molecule has 2 aromatic heterocycles. The number of thiazole rings is 1. The number of rotatable bonds is 3. The Balaban J connectivity index is 2.29. The fourth-order valence-corrected chi connectivity index (χ4v) is 1.89.